The van der Waals surface area contributed by atoms with E-state index >= 15 is 0 Å². The minimum Gasteiger partial charge on any atom is -0.506 e. The first-order valence-electron chi connectivity index (χ1n) is 11.6. The summed E-state index contributed by atoms with van der Waals surface area (Å²) in [5.74, 6) is -0.561. The van der Waals surface area contributed by atoms with Crippen molar-refractivity contribution in [2.45, 2.75) is 53.1 Å². The van der Waals surface area contributed by atoms with Crippen molar-refractivity contribution >= 4 is 22.8 Å². The third kappa shape index (κ3) is 4.30. The lowest BCUT2D eigenvalue weighted by molar-refractivity contribution is 0.0914. The van der Waals surface area contributed by atoms with E-state index < -0.39 is 11.2 Å². The molecular formula is C29H30O5. The molecule has 5 nitrogen and oxygen atoms in total. The van der Waals surface area contributed by atoms with Crippen LogP contribution in [-0.4, -0.2) is 16.5 Å². The van der Waals surface area contributed by atoms with E-state index in [4.69, 9.17) is 9.15 Å². The zero-order chi connectivity index (χ0) is 24.6. The summed E-state index contributed by atoms with van der Waals surface area (Å²) in [6.07, 6.45) is 7.41. The number of phenols is 1. The molecule has 4 rings (SSSR count). The van der Waals surface area contributed by atoms with Crippen LogP contribution in [0.3, 0.4) is 0 Å². The molecule has 0 saturated heterocycles. The number of hydrogen-bond donors (Lipinski definition) is 1. The van der Waals surface area contributed by atoms with Gasteiger partial charge in [-0.15, -0.1) is 0 Å². The summed E-state index contributed by atoms with van der Waals surface area (Å²) in [7, 11) is 0. The highest BCUT2D eigenvalue weighted by Crippen LogP contribution is 2.48. The minimum atomic E-state index is -0.678. The number of benzene rings is 2. The fourth-order valence-electron chi connectivity index (χ4n) is 4.32. The lowest BCUT2D eigenvalue weighted by atomic mass is 9.88. The molecule has 0 saturated carbocycles. The lowest BCUT2D eigenvalue weighted by Crippen LogP contribution is -2.33. The number of allylic oxidation sites excluding steroid dienone is 2. The number of Topliss-reactive ketones (excluding diaryl/α,β-unsaturated/α-hetero) is 1. The number of hydrogen-bond acceptors (Lipinski definition) is 5. The second-order valence-electron chi connectivity index (χ2n) is 9.60. The van der Waals surface area contributed by atoms with Gasteiger partial charge in [0.15, 0.2) is 11.4 Å². The van der Waals surface area contributed by atoms with Crippen LogP contribution >= 0.6 is 0 Å². The second-order valence-corrected chi connectivity index (χ2v) is 9.60. The predicted octanol–water partition coefficient (Wildman–Crippen LogP) is 6.92. The molecule has 1 aliphatic heterocycles. The van der Waals surface area contributed by atoms with Gasteiger partial charge in [-0.05, 0) is 51.3 Å². The number of carbonyl (C=O) groups is 1. The van der Waals surface area contributed by atoms with Crippen molar-refractivity contribution in [1.29, 1.82) is 0 Å². The van der Waals surface area contributed by atoms with Crippen LogP contribution in [0.2, 0.25) is 0 Å². The van der Waals surface area contributed by atoms with Crippen molar-refractivity contribution in [3.05, 3.63) is 75.7 Å². The van der Waals surface area contributed by atoms with Gasteiger partial charge in [-0.25, -0.2) is 4.79 Å². The minimum absolute atomic E-state index is 0.126. The molecule has 0 aliphatic carbocycles. The molecule has 1 N–H and O–H groups in total. The van der Waals surface area contributed by atoms with Crippen molar-refractivity contribution in [3.63, 3.8) is 0 Å². The Labute approximate surface area is 199 Å². The number of rotatable bonds is 6. The van der Waals surface area contributed by atoms with Crippen LogP contribution < -0.4 is 10.4 Å². The monoisotopic (exact) mass is 458 g/mol. The van der Waals surface area contributed by atoms with E-state index in [0.717, 1.165) is 12.0 Å². The van der Waals surface area contributed by atoms with Crippen LogP contribution in [0.4, 0.5) is 0 Å². The molecule has 0 bridgehead atoms. The highest BCUT2D eigenvalue weighted by atomic mass is 16.5. The first kappa shape index (κ1) is 23.6. The lowest BCUT2D eigenvalue weighted by Gasteiger charge is -2.33. The van der Waals surface area contributed by atoms with E-state index in [1.54, 1.807) is 13.8 Å². The maximum Gasteiger partial charge on any atom is 0.336 e. The fraction of sp³-hybridized carbons (Fsp3) is 0.310. The molecule has 0 unspecified atom stereocenters. The Morgan fingerprint density at radius 3 is 2.53 bits per heavy atom. The van der Waals surface area contributed by atoms with E-state index in [-0.39, 0.29) is 34.3 Å². The average Bonchev–Trinajstić information content (AvgIpc) is 2.78. The summed E-state index contributed by atoms with van der Waals surface area (Å²) >= 11 is 0. The smallest absolute Gasteiger partial charge is 0.336 e. The SMILES string of the molecule is CC(C)=CCC[C@@]1(C)C=Cc2c(c(C(=O)C(C)C)c(O)c3c(-c4ccccc4)cc(=O)oc23)O1. The molecule has 176 valence electrons. The molecule has 34 heavy (non-hydrogen) atoms. The molecule has 0 spiro atoms. The Morgan fingerprint density at radius 1 is 1.18 bits per heavy atom. The van der Waals surface area contributed by atoms with Crippen molar-refractivity contribution in [1.82, 2.24) is 0 Å². The van der Waals surface area contributed by atoms with Crippen LogP contribution in [0.15, 0.2) is 63.3 Å². The van der Waals surface area contributed by atoms with Gasteiger partial charge in [-0.1, -0.05) is 55.8 Å². The van der Waals surface area contributed by atoms with Crippen LogP contribution in [0.5, 0.6) is 11.5 Å². The number of ketones is 1. The predicted molar refractivity (Wildman–Crippen MR) is 135 cm³/mol. The van der Waals surface area contributed by atoms with Gasteiger partial charge in [-0.3, -0.25) is 4.79 Å². The van der Waals surface area contributed by atoms with E-state index in [2.05, 4.69) is 6.08 Å². The quantitative estimate of drug-likeness (QED) is 0.247. The summed E-state index contributed by atoms with van der Waals surface area (Å²) in [6.45, 7) is 9.62. The van der Waals surface area contributed by atoms with Crippen molar-refractivity contribution < 1.29 is 19.1 Å². The van der Waals surface area contributed by atoms with E-state index in [9.17, 15) is 14.7 Å². The molecule has 1 atom stereocenters. The molecular weight excluding hydrogens is 428 g/mol. The summed E-state index contributed by atoms with van der Waals surface area (Å²) < 4.78 is 12.0. The topological polar surface area (TPSA) is 76.7 Å². The summed E-state index contributed by atoms with van der Waals surface area (Å²) in [4.78, 5) is 25.9. The van der Waals surface area contributed by atoms with Crippen molar-refractivity contribution in [2.75, 3.05) is 0 Å². The van der Waals surface area contributed by atoms with Crippen LogP contribution in [0.1, 0.15) is 63.4 Å². The largest absolute Gasteiger partial charge is 0.506 e. The Kier molecular flexibility index (Phi) is 6.22. The Bertz CT molecular complexity index is 1370. The molecule has 1 aliphatic rings. The molecule has 3 aromatic rings. The van der Waals surface area contributed by atoms with E-state index in [1.807, 2.05) is 63.3 Å². The summed E-state index contributed by atoms with van der Waals surface area (Å²) in [5, 5.41) is 11.8. The Hall–Kier alpha value is -3.60. The van der Waals surface area contributed by atoms with E-state index in [1.165, 1.54) is 11.6 Å². The van der Waals surface area contributed by atoms with Crippen LogP contribution in [-0.2, 0) is 0 Å². The average molecular weight is 459 g/mol. The zero-order valence-electron chi connectivity index (χ0n) is 20.3. The van der Waals surface area contributed by atoms with Gasteiger partial charge in [0.05, 0.1) is 10.9 Å². The first-order chi connectivity index (χ1) is 16.1. The van der Waals surface area contributed by atoms with E-state index in [0.29, 0.717) is 22.9 Å². The molecule has 0 radical (unpaired) electrons. The molecule has 0 amide bonds. The van der Waals surface area contributed by atoms with Gasteiger partial charge in [-0.2, -0.15) is 0 Å². The number of aromatic hydroxyl groups is 1. The molecule has 0 fully saturated rings. The molecule has 1 aromatic heterocycles. The third-order valence-corrected chi connectivity index (χ3v) is 6.14. The standard InChI is InChI=1S/C29H30O5/c1-17(2)10-9-14-29(5)15-13-20-27-23(26(32)24(28(20)34-29)25(31)18(3)4)21(16-22(30)33-27)19-11-7-6-8-12-19/h6-8,10-13,15-16,18,32H,9,14H2,1-5H3/t29-/m0/s1. The van der Waals surface area contributed by atoms with Crippen molar-refractivity contribution in [2.24, 2.45) is 5.92 Å². The van der Waals surface area contributed by atoms with Gasteiger partial charge < -0.3 is 14.3 Å². The zero-order valence-corrected chi connectivity index (χ0v) is 20.3. The van der Waals surface area contributed by atoms with Gasteiger partial charge >= 0.3 is 5.63 Å². The maximum absolute atomic E-state index is 13.3. The molecule has 2 aromatic carbocycles. The van der Waals surface area contributed by atoms with Gasteiger partial charge in [0.25, 0.3) is 0 Å². The summed E-state index contributed by atoms with van der Waals surface area (Å²) in [5.41, 5.74) is 2.08. The number of phenolic OH excluding ortho intramolecular Hbond substituents is 1. The third-order valence-electron chi connectivity index (χ3n) is 6.14. The van der Waals surface area contributed by atoms with Crippen molar-refractivity contribution in [3.8, 4) is 22.6 Å². The Balaban J connectivity index is 2.02. The summed E-state index contributed by atoms with van der Waals surface area (Å²) in [6, 6.07) is 10.6. The molecule has 2 heterocycles. The van der Waals surface area contributed by atoms with Crippen LogP contribution in [0, 0.1) is 5.92 Å². The highest BCUT2D eigenvalue weighted by molar-refractivity contribution is 6.13. The van der Waals surface area contributed by atoms with Crippen LogP contribution in [0.25, 0.3) is 28.2 Å². The Morgan fingerprint density at radius 2 is 1.88 bits per heavy atom. The first-order valence-corrected chi connectivity index (χ1v) is 11.6. The normalized spacial score (nSPS) is 16.9. The van der Waals surface area contributed by atoms with Gasteiger partial charge in [0.2, 0.25) is 0 Å². The number of carbonyl (C=O) groups excluding carboxylic acids is 1. The maximum atomic E-state index is 13.3. The van der Waals surface area contributed by atoms with Gasteiger partial charge in [0.1, 0.15) is 22.7 Å². The highest BCUT2D eigenvalue weighted by Gasteiger charge is 2.35. The number of ether oxygens (including phenoxy) is 1. The molecule has 5 heteroatoms. The number of fused-ring (bicyclic) bond motifs is 3. The fourth-order valence-corrected chi connectivity index (χ4v) is 4.32. The second kappa shape index (κ2) is 8.98. The van der Waals surface area contributed by atoms with Gasteiger partial charge in [0, 0.05) is 17.5 Å².